The van der Waals surface area contributed by atoms with Crippen LogP contribution in [0.2, 0.25) is 0 Å². The third-order valence-corrected chi connectivity index (χ3v) is 4.72. The van der Waals surface area contributed by atoms with E-state index in [4.69, 9.17) is 15.6 Å². The number of carbonyl (C=O) groups excluding carboxylic acids is 2. The lowest BCUT2D eigenvalue weighted by atomic mass is 10.0. The molecule has 0 aliphatic heterocycles. The first-order valence-electron chi connectivity index (χ1n) is 10.6. The molecule has 7 heteroatoms. The maximum absolute atomic E-state index is 12.5. The number of carbonyl (C=O) groups is 2. The van der Waals surface area contributed by atoms with Gasteiger partial charge < -0.3 is 26.2 Å². The lowest BCUT2D eigenvalue weighted by molar-refractivity contribution is -0.129. The van der Waals surface area contributed by atoms with Crippen LogP contribution in [0.25, 0.3) is 0 Å². The number of aliphatic hydroxyl groups is 1. The quantitative estimate of drug-likeness (QED) is 0.412. The van der Waals surface area contributed by atoms with Gasteiger partial charge in [0, 0.05) is 13.0 Å². The van der Waals surface area contributed by atoms with Crippen molar-refractivity contribution < 1.29 is 19.4 Å². The van der Waals surface area contributed by atoms with Gasteiger partial charge in [0.05, 0.1) is 12.6 Å². The largest absolute Gasteiger partial charge is 0.489 e. The summed E-state index contributed by atoms with van der Waals surface area (Å²) in [5.41, 5.74) is 7.91. The molecule has 0 heterocycles. The molecule has 7 nitrogen and oxygen atoms in total. The summed E-state index contributed by atoms with van der Waals surface area (Å²) in [7, 11) is 0. The number of aliphatic hydroxyl groups excluding tert-OH is 1. The third kappa shape index (κ3) is 8.78. The van der Waals surface area contributed by atoms with Crippen LogP contribution in [0.5, 0.6) is 5.75 Å². The van der Waals surface area contributed by atoms with Crippen molar-refractivity contribution in [2.75, 3.05) is 13.2 Å². The second kappa shape index (κ2) is 12.7. The van der Waals surface area contributed by atoms with Crippen molar-refractivity contribution in [3.8, 4) is 5.75 Å². The van der Waals surface area contributed by atoms with E-state index in [9.17, 15) is 9.59 Å². The maximum Gasteiger partial charge on any atom is 0.243 e. The van der Waals surface area contributed by atoms with Crippen molar-refractivity contribution >= 4 is 11.8 Å². The zero-order valence-electron chi connectivity index (χ0n) is 18.2. The van der Waals surface area contributed by atoms with Gasteiger partial charge in [-0.05, 0) is 35.6 Å². The predicted octanol–water partition coefficient (Wildman–Crippen LogP) is 1.77. The van der Waals surface area contributed by atoms with Gasteiger partial charge in [-0.15, -0.1) is 0 Å². The normalized spacial score (nSPS) is 12.8. The van der Waals surface area contributed by atoms with Crippen LogP contribution in [-0.4, -0.2) is 42.2 Å². The first-order chi connectivity index (χ1) is 14.9. The summed E-state index contributed by atoms with van der Waals surface area (Å²) in [6.45, 7) is 4.39. The number of hydrogen-bond acceptors (Lipinski definition) is 5. The van der Waals surface area contributed by atoms with Crippen molar-refractivity contribution in [3.05, 3.63) is 65.7 Å². The minimum atomic E-state index is -0.784. The van der Waals surface area contributed by atoms with E-state index < -0.39 is 12.1 Å². The number of ether oxygens (including phenoxy) is 1. The Bertz CT molecular complexity index is 809. The van der Waals surface area contributed by atoms with E-state index in [2.05, 4.69) is 10.6 Å². The number of hydrogen-bond donors (Lipinski definition) is 4. The molecule has 31 heavy (non-hydrogen) atoms. The van der Waals surface area contributed by atoms with E-state index in [0.29, 0.717) is 19.4 Å². The highest BCUT2D eigenvalue weighted by Crippen LogP contribution is 2.16. The Morgan fingerprint density at radius 1 is 1.00 bits per heavy atom. The fourth-order valence-corrected chi connectivity index (χ4v) is 3.10. The van der Waals surface area contributed by atoms with Crippen molar-refractivity contribution in [1.29, 1.82) is 0 Å². The van der Waals surface area contributed by atoms with Crippen molar-refractivity contribution in [2.24, 2.45) is 11.7 Å². The third-order valence-electron chi connectivity index (χ3n) is 4.72. The fourth-order valence-electron chi connectivity index (χ4n) is 3.10. The highest BCUT2D eigenvalue weighted by molar-refractivity contribution is 5.89. The molecule has 0 bridgehead atoms. The Kier molecular flexibility index (Phi) is 10.00. The number of nitrogens with two attached hydrogens (primary N) is 1. The van der Waals surface area contributed by atoms with E-state index in [0.717, 1.165) is 16.9 Å². The summed E-state index contributed by atoms with van der Waals surface area (Å²) in [6, 6.07) is 15.8. The van der Waals surface area contributed by atoms with E-state index in [1.807, 2.05) is 68.4 Å². The molecule has 0 aliphatic rings. The van der Waals surface area contributed by atoms with E-state index in [1.54, 1.807) is 0 Å². The van der Waals surface area contributed by atoms with Crippen LogP contribution in [0, 0.1) is 5.92 Å². The van der Waals surface area contributed by atoms with E-state index in [1.165, 1.54) is 0 Å². The van der Waals surface area contributed by atoms with Crippen molar-refractivity contribution in [3.63, 3.8) is 0 Å². The Balaban J connectivity index is 1.99. The maximum atomic E-state index is 12.5. The zero-order chi connectivity index (χ0) is 22.6. The number of nitrogens with one attached hydrogen (secondary N) is 2. The van der Waals surface area contributed by atoms with Gasteiger partial charge in [-0.3, -0.25) is 9.59 Å². The summed E-state index contributed by atoms with van der Waals surface area (Å²) < 4.78 is 5.79. The summed E-state index contributed by atoms with van der Waals surface area (Å²) in [5, 5.41) is 14.4. The SMILES string of the molecule is CC(C)CC(N)C(=O)NC(Cc1ccc(OCc2ccccc2)cc1)C(=O)NCCO. The topological polar surface area (TPSA) is 114 Å². The molecule has 0 aromatic heterocycles. The molecule has 0 fully saturated rings. The smallest absolute Gasteiger partial charge is 0.243 e. The zero-order valence-corrected chi connectivity index (χ0v) is 18.2. The van der Waals surface area contributed by atoms with E-state index >= 15 is 0 Å². The predicted molar refractivity (Wildman–Crippen MR) is 120 cm³/mol. The second-order valence-electron chi connectivity index (χ2n) is 7.93. The monoisotopic (exact) mass is 427 g/mol. The molecule has 0 spiro atoms. The Morgan fingerprint density at radius 2 is 1.68 bits per heavy atom. The molecule has 2 unspecified atom stereocenters. The molecule has 168 valence electrons. The van der Waals surface area contributed by atoms with Gasteiger partial charge in [-0.25, -0.2) is 0 Å². The molecular formula is C24H33N3O4. The van der Waals surface area contributed by atoms with Crippen LogP contribution in [0.1, 0.15) is 31.4 Å². The fraction of sp³-hybridized carbons (Fsp3) is 0.417. The minimum absolute atomic E-state index is 0.121. The highest BCUT2D eigenvalue weighted by atomic mass is 16.5. The Morgan fingerprint density at radius 3 is 2.29 bits per heavy atom. The molecule has 0 saturated carbocycles. The molecule has 2 rings (SSSR count). The number of benzene rings is 2. The molecule has 0 radical (unpaired) electrons. The Labute approximate surface area is 184 Å². The standard InChI is InChI=1S/C24H33N3O4/c1-17(2)14-21(25)23(29)27-22(24(30)26-12-13-28)15-18-8-10-20(11-9-18)31-16-19-6-4-3-5-7-19/h3-11,17,21-22,28H,12-16,25H2,1-2H3,(H,26,30)(H,27,29). The van der Waals surface area contributed by atoms with Crippen LogP contribution in [0.3, 0.4) is 0 Å². The van der Waals surface area contributed by atoms with Crippen LogP contribution < -0.4 is 21.1 Å². The van der Waals surface area contributed by atoms with Crippen LogP contribution in [-0.2, 0) is 22.6 Å². The molecule has 0 saturated heterocycles. The molecule has 5 N–H and O–H groups in total. The van der Waals surface area contributed by atoms with Gasteiger partial charge in [-0.1, -0.05) is 56.3 Å². The van der Waals surface area contributed by atoms with Crippen LogP contribution in [0.4, 0.5) is 0 Å². The van der Waals surface area contributed by atoms with Crippen molar-refractivity contribution in [1.82, 2.24) is 10.6 Å². The summed E-state index contributed by atoms with van der Waals surface area (Å²) in [4.78, 5) is 25.0. The van der Waals surface area contributed by atoms with Gasteiger partial charge in [-0.2, -0.15) is 0 Å². The highest BCUT2D eigenvalue weighted by Gasteiger charge is 2.24. The van der Waals surface area contributed by atoms with Gasteiger partial charge in [0.2, 0.25) is 11.8 Å². The summed E-state index contributed by atoms with van der Waals surface area (Å²) in [5.74, 6) is 0.270. The average molecular weight is 428 g/mol. The first-order valence-corrected chi connectivity index (χ1v) is 10.6. The van der Waals surface area contributed by atoms with Crippen molar-refractivity contribution in [2.45, 2.75) is 45.4 Å². The number of rotatable bonds is 12. The summed E-state index contributed by atoms with van der Waals surface area (Å²) >= 11 is 0. The van der Waals surface area contributed by atoms with Gasteiger partial charge in [0.15, 0.2) is 0 Å². The minimum Gasteiger partial charge on any atom is -0.489 e. The van der Waals surface area contributed by atoms with Crippen LogP contribution >= 0.6 is 0 Å². The molecule has 2 aromatic rings. The lowest BCUT2D eigenvalue weighted by Crippen LogP contribution is -2.53. The average Bonchev–Trinajstić information content (AvgIpc) is 2.76. The second-order valence-corrected chi connectivity index (χ2v) is 7.93. The lowest BCUT2D eigenvalue weighted by Gasteiger charge is -2.21. The van der Waals surface area contributed by atoms with E-state index in [-0.39, 0.29) is 30.9 Å². The molecule has 0 aliphatic carbocycles. The van der Waals surface area contributed by atoms with Gasteiger partial charge >= 0.3 is 0 Å². The molecular weight excluding hydrogens is 394 g/mol. The number of amides is 2. The summed E-state index contributed by atoms with van der Waals surface area (Å²) in [6.07, 6.45) is 0.834. The van der Waals surface area contributed by atoms with Gasteiger partial charge in [0.1, 0.15) is 18.4 Å². The Hall–Kier alpha value is -2.90. The van der Waals surface area contributed by atoms with Gasteiger partial charge in [0.25, 0.3) is 0 Å². The first kappa shape index (κ1) is 24.4. The van der Waals surface area contributed by atoms with Crippen LogP contribution in [0.15, 0.2) is 54.6 Å². The molecule has 2 amide bonds. The molecule has 2 aromatic carbocycles. The molecule has 2 atom stereocenters.